The molecule has 0 unspecified atom stereocenters. The summed E-state index contributed by atoms with van der Waals surface area (Å²) in [5, 5.41) is 9.85. The molecular weight excluding hydrogens is 230 g/mol. The van der Waals surface area contributed by atoms with Crippen LogP contribution in [0, 0.1) is 0 Å². The summed E-state index contributed by atoms with van der Waals surface area (Å²) >= 11 is 0. The number of nitrogens with zero attached hydrogens (tertiary/aromatic N) is 3. The van der Waals surface area contributed by atoms with Crippen molar-refractivity contribution in [2.24, 2.45) is 7.05 Å². The third-order valence-electron chi connectivity index (χ3n) is 2.82. The molecule has 18 heavy (non-hydrogen) atoms. The van der Waals surface area contributed by atoms with Crippen molar-refractivity contribution in [3.8, 4) is 0 Å². The lowest BCUT2D eigenvalue weighted by atomic mass is 10.1. The van der Waals surface area contributed by atoms with Gasteiger partial charge in [0, 0.05) is 29.7 Å². The molecule has 0 saturated carbocycles. The van der Waals surface area contributed by atoms with Gasteiger partial charge in [-0.3, -0.25) is 10.1 Å². The van der Waals surface area contributed by atoms with Crippen molar-refractivity contribution in [1.82, 2.24) is 19.7 Å². The van der Waals surface area contributed by atoms with Crippen LogP contribution in [0.25, 0.3) is 10.9 Å². The fourth-order valence-electron chi connectivity index (χ4n) is 1.94. The zero-order chi connectivity index (χ0) is 12.5. The summed E-state index contributed by atoms with van der Waals surface area (Å²) in [6, 6.07) is 7.54. The summed E-state index contributed by atoms with van der Waals surface area (Å²) in [6.45, 7) is 0. The van der Waals surface area contributed by atoms with Gasteiger partial charge in [0.2, 0.25) is 5.95 Å². The Labute approximate surface area is 103 Å². The molecule has 0 bridgehead atoms. The molecule has 6 nitrogen and oxygen atoms in total. The molecule has 3 aromatic rings. The Hall–Kier alpha value is -2.63. The van der Waals surface area contributed by atoms with E-state index in [1.54, 1.807) is 6.07 Å². The van der Waals surface area contributed by atoms with E-state index in [1.165, 1.54) is 6.33 Å². The van der Waals surface area contributed by atoms with Crippen molar-refractivity contribution in [1.29, 1.82) is 0 Å². The lowest BCUT2D eigenvalue weighted by Crippen LogP contribution is -2.13. The largest absolute Gasteiger partial charge is 0.351 e. The van der Waals surface area contributed by atoms with E-state index in [0.717, 1.165) is 10.9 Å². The number of hydrogen-bond donors (Lipinski definition) is 2. The van der Waals surface area contributed by atoms with Crippen molar-refractivity contribution in [3.05, 3.63) is 42.4 Å². The van der Waals surface area contributed by atoms with Gasteiger partial charge in [0.05, 0.1) is 0 Å². The maximum atomic E-state index is 12.1. The average Bonchev–Trinajstić information content (AvgIpc) is 3.00. The highest BCUT2D eigenvalue weighted by Gasteiger charge is 2.12. The number of nitrogens with one attached hydrogen (secondary N) is 2. The number of H-pyrrole nitrogens is 1. The van der Waals surface area contributed by atoms with Gasteiger partial charge in [0.1, 0.15) is 6.33 Å². The van der Waals surface area contributed by atoms with E-state index >= 15 is 0 Å². The zero-order valence-electron chi connectivity index (χ0n) is 9.71. The van der Waals surface area contributed by atoms with Crippen LogP contribution in [0.3, 0.4) is 0 Å². The van der Waals surface area contributed by atoms with Gasteiger partial charge in [-0.05, 0) is 18.2 Å². The summed E-state index contributed by atoms with van der Waals surface area (Å²) in [5.41, 5.74) is 1.63. The van der Waals surface area contributed by atoms with Crippen LogP contribution >= 0.6 is 0 Å². The highest BCUT2D eigenvalue weighted by atomic mass is 16.1. The maximum Gasteiger partial charge on any atom is 0.258 e. The van der Waals surface area contributed by atoms with Crippen LogP contribution < -0.4 is 5.32 Å². The van der Waals surface area contributed by atoms with Crippen LogP contribution in [-0.4, -0.2) is 25.7 Å². The van der Waals surface area contributed by atoms with Gasteiger partial charge >= 0.3 is 0 Å². The van der Waals surface area contributed by atoms with Crippen molar-refractivity contribution in [3.63, 3.8) is 0 Å². The number of aryl methyl sites for hydroxylation is 1. The van der Waals surface area contributed by atoms with E-state index in [1.807, 2.05) is 36.0 Å². The predicted octanol–water partition coefficient (Wildman–Crippen LogP) is 1.55. The van der Waals surface area contributed by atoms with E-state index in [4.69, 9.17) is 0 Å². The summed E-state index contributed by atoms with van der Waals surface area (Å²) in [6.07, 6.45) is 3.27. The number of rotatable bonds is 2. The lowest BCUT2D eigenvalue weighted by molar-refractivity contribution is 0.102. The second-order valence-electron chi connectivity index (χ2n) is 3.95. The number of fused-ring (bicyclic) bond motifs is 1. The minimum atomic E-state index is -0.205. The minimum absolute atomic E-state index is 0.205. The number of aromatic nitrogens is 4. The first-order chi connectivity index (χ1) is 8.75. The van der Waals surface area contributed by atoms with Crippen LogP contribution in [0.15, 0.2) is 36.8 Å². The van der Waals surface area contributed by atoms with Crippen molar-refractivity contribution in [2.75, 3.05) is 5.32 Å². The molecule has 0 saturated heterocycles. The Bertz CT molecular complexity index is 698. The van der Waals surface area contributed by atoms with E-state index in [0.29, 0.717) is 11.5 Å². The monoisotopic (exact) mass is 241 g/mol. The van der Waals surface area contributed by atoms with Crippen LogP contribution in [0.5, 0.6) is 0 Å². The van der Waals surface area contributed by atoms with Crippen LogP contribution in [0.1, 0.15) is 10.4 Å². The number of anilines is 1. The summed E-state index contributed by atoms with van der Waals surface area (Å²) in [5.74, 6) is 0.136. The lowest BCUT2D eigenvalue weighted by Gasteiger charge is -2.04. The standard InChI is InChI=1S/C12H11N5O/c1-17-6-5-8-9(3-2-4-10(8)17)11(18)15-12-13-7-14-16-12/h2-7H,1H3,(H2,13,14,15,16,18). The fourth-order valence-corrected chi connectivity index (χ4v) is 1.94. The molecule has 1 aromatic carbocycles. The third kappa shape index (κ3) is 1.64. The van der Waals surface area contributed by atoms with E-state index in [2.05, 4.69) is 20.5 Å². The molecule has 0 aliphatic rings. The number of carbonyl (C=O) groups excluding carboxylic acids is 1. The quantitative estimate of drug-likeness (QED) is 0.714. The Morgan fingerprint density at radius 2 is 2.28 bits per heavy atom. The first-order valence-electron chi connectivity index (χ1n) is 5.46. The van der Waals surface area contributed by atoms with Crippen LogP contribution in [-0.2, 0) is 7.05 Å². The first kappa shape index (κ1) is 10.5. The Kier molecular flexibility index (Phi) is 2.33. The molecule has 0 spiro atoms. The molecule has 1 amide bonds. The predicted molar refractivity (Wildman–Crippen MR) is 67.3 cm³/mol. The Morgan fingerprint density at radius 3 is 3.06 bits per heavy atom. The van der Waals surface area contributed by atoms with E-state index < -0.39 is 0 Å². The molecule has 2 aromatic heterocycles. The molecule has 0 aliphatic carbocycles. The highest BCUT2D eigenvalue weighted by Crippen LogP contribution is 2.20. The van der Waals surface area contributed by atoms with E-state index in [9.17, 15) is 4.79 Å². The Balaban J connectivity index is 2.01. The number of hydrogen-bond acceptors (Lipinski definition) is 3. The second kappa shape index (κ2) is 3.99. The molecule has 0 atom stereocenters. The average molecular weight is 241 g/mol. The topological polar surface area (TPSA) is 75.6 Å². The second-order valence-corrected chi connectivity index (χ2v) is 3.95. The molecule has 2 N–H and O–H groups in total. The summed E-state index contributed by atoms with van der Waals surface area (Å²) < 4.78 is 1.97. The van der Waals surface area contributed by atoms with Crippen molar-refractivity contribution >= 4 is 22.8 Å². The maximum absolute atomic E-state index is 12.1. The first-order valence-corrected chi connectivity index (χ1v) is 5.46. The molecular formula is C12H11N5O. The number of aromatic amines is 1. The summed E-state index contributed by atoms with van der Waals surface area (Å²) in [4.78, 5) is 16.0. The van der Waals surface area contributed by atoms with Crippen LogP contribution in [0.4, 0.5) is 5.95 Å². The van der Waals surface area contributed by atoms with E-state index in [-0.39, 0.29) is 5.91 Å². The highest BCUT2D eigenvalue weighted by molar-refractivity contribution is 6.12. The van der Waals surface area contributed by atoms with Gasteiger partial charge in [-0.25, -0.2) is 5.10 Å². The number of amides is 1. The summed E-state index contributed by atoms with van der Waals surface area (Å²) in [7, 11) is 1.94. The SMILES string of the molecule is Cn1ccc2c(C(=O)Nc3ncn[nH]3)cccc21. The minimum Gasteiger partial charge on any atom is -0.351 e. The van der Waals surface area contributed by atoms with Gasteiger partial charge in [-0.2, -0.15) is 10.1 Å². The Morgan fingerprint density at radius 1 is 1.39 bits per heavy atom. The molecule has 0 radical (unpaired) electrons. The normalized spacial score (nSPS) is 10.7. The number of benzene rings is 1. The molecule has 90 valence electrons. The zero-order valence-corrected chi connectivity index (χ0v) is 9.71. The fraction of sp³-hybridized carbons (Fsp3) is 0.0833. The third-order valence-corrected chi connectivity index (χ3v) is 2.82. The van der Waals surface area contributed by atoms with Crippen LogP contribution in [0.2, 0.25) is 0 Å². The van der Waals surface area contributed by atoms with Gasteiger partial charge in [0.15, 0.2) is 0 Å². The molecule has 0 fully saturated rings. The van der Waals surface area contributed by atoms with Gasteiger partial charge in [-0.15, -0.1) is 0 Å². The molecule has 2 heterocycles. The molecule has 0 aliphatic heterocycles. The molecule has 3 rings (SSSR count). The number of carbonyl (C=O) groups is 1. The van der Waals surface area contributed by atoms with Gasteiger partial charge < -0.3 is 4.57 Å². The smallest absolute Gasteiger partial charge is 0.258 e. The van der Waals surface area contributed by atoms with Gasteiger partial charge in [-0.1, -0.05) is 6.07 Å². The molecule has 6 heteroatoms. The van der Waals surface area contributed by atoms with Gasteiger partial charge in [0.25, 0.3) is 5.91 Å². The van der Waals surface area contributed by atoms with Crippen molar-refractivity contribution < 1.29 is 4.79 Å². The van der Waals surface area contributed by atoms with Crippen molar-refractivity contribution in [2.45, 2.75) is 0 Å².